The van der Waals surface area contributed by atoms with Crippen molar-refractivity contribution in [3.8, 4) is 11.6 Å². The van der Waals surface area contributed by atoms with Gasteiger partial charge in [0.25, 0.3) is 0 Å². The van der Waals surface area contributed by atoms with Gasteiger partial charge in [-0.15, -0.1) is 10.2 Å². The molecule has 0 radical (unpaired) electrons. The number of aromatic nitrogens is 1. The smallest absolute Gasteiger partial charge is 0.325 e. The van der Waals surface area contributed by atoms with Crippen molar-refractivity contribution in [2.24, 2.45) is 10.2 Å². The molecule has 8 nitrogen and oxygen atoms in total. The van der Waals surface area contributed by atoms with Gasteiger partial charge in [0.2, 0.25) is 5.88 Å². The van der Waals surface area contributed by atoms with Gasteiger partial charge in [-0.1, -0.05) is 24.3 Å². The number of hydrogen-bond acceptors (Lipinski definition) is 6. The number of rotatable bonds is 6. The lowest BCUT2D eigenvalue weighted by Gasteiger charge is -2.05. The molecule has 0 bridgehead atoms. The molecule has 0 fully saturated rings. The lowest BCUT2D eigenvalue weighted by Crippen LogP contribution is -2.10. The Morgan fingerprint density at radius 2 is 1.79 bits per heavy atom. The van der Waals surface area contributed by atoms with Crippen LogP contribution in [-0.4, -0.2) is 35.3 Å². The highest BCUT2D eigenvalue weighted by Gasteiger charge is 2.18. The maximum absolute atomic E-state index is 12.1. The minimum atomic E-state index is -0.603. The van der Waals surface area contributed by atoms with Crippen molar-refractivity contribution in [2.75, 3.05) is 13.7 Å². The molecule has 0 atom stereocenters. The van der Waals surface area contributed by atoms with E-state index >= 15 is 0 Å². The van der Waals surface area contributed by atoms with Crippen LogP contribution >= 0.6 is 0 Å². The number of methoxy groups -OCH3 is 1. The van der Waals surface area contributed by atoms with Crippen molar-refractivity contribution in [2.45, 2.75) is 20.4 Å². The van der Waals surface area contributed by atoms with Crippen LogP contribution in [0, 0.1) is 13.8 Å². The van der Waals surface area contributed by atoms with Crippen LogP contribution in [0.4, 0.5) is 5.69 Å². The van der Waals surface area contributed by atoms with Crippen LogP contribution in [0.25, 0.3) is 10.9 Å². The Morgan fingerprint density at radius 1 is 1.10 bits per heavy atom. The molecule has 150 valence electrons. The van der Waals surface area contributed by atoms with E-state index in [1.165, 1.54) is 11.7 Å². The summed E-state index contributed by atoms with van der Waals surface area (Å²) in [6.07, 6.45) is 0. The summed E-state index contributed by atoms with van der Waals surface area (Å²) in [5.41, 5.74) is 2.72. The van der Waals surface area contributed by atoms with Gasteiger partial charge in [0.15, 0.2) is 12.3 Å². The van der Waals surface area contributed by atoms with E-state index in [2.05, 4.69) is 15.0 Å². The molecule has 0 spiro atoms. The number of nitrogens with zero attached hydrogens (tertiary/aromatic N) is 3. The highest BCUT2D eigenvalue weighted by atomic mass is 16.5. The Balaban J connectivity index is 1.80. The van der Waals surface area contributed by atoms with E-state index in [4.69, 9.17) is 4.74 Å². The summed E-state index contributed by atoms with van der Waals surface area (Å²) in [5, 5.41) is 18.6. The predicted octanol–water partition coefficient (Wildman–Crippen LogP) is 3.83. The lowest BCUT2D eigenvalue weighted by molar-refractivity contribution is -0.141. The third-order valence-corrected chi connectivity index (χ3v) is 4.25. The molecule has 0 aliphatic carbocycles. The quantitative estimate of drug-likeness (QED) is 0.505. The van der Waals surface area contributed by atoms with Crippen molar-refractivity contribution in [3.63, 3.8) is 0 Å². The second kappa shape index (κ2) is 8.55. The van der Waals surface area contributed by atoms with Gasteiger partial charge in [-0.3, -0.25) is 14.2 Å². The third-order valence-electron chi connectivity index (χ3n) is 4.25. The fourth-order valence-corrected chi connectivity index (χ4v) is 3.02. The van der Waals surface area contributed by atoms with Gasteiger partial charge in [-0.05, 0) is 43.2 Å². The fraction of sp³-hybridized carbons (Fsp3) is 0.238. The third kappa shape index (κ3) is 4.60. The van der Waals surface area contributed by atoms with E-state index < -0.39 is 11.9 Å². The number of hydrogen-bond donors (Lipinski definition) is 1. The van der Waals surface area contributed by atoms with Gasteiger partial charge in [0.1, 0.15) is 12.3 Å². The number of azo groups is 1. The summed E-state index contributed by atoms with van der Waals surface area (Å²) < 4.78 is 11.5. The highest BCUT2D eigenvalue weighted by Crippen LogP contribution is 2.38. The largest absolute Gasteiger partial charge is 0.493 e. The summed E-state index contributed by atoms with van der Waals surface area (Å²) in [5.74, 6) is -0.831. The number of aromatic hydroxyl groups is 1. The molecule has 1 heterocycles. The first-order valence-corrected chi connectivity index (χ1v) is 8.91. The molecule has 0 aliphatic rings. The van der Waals surface area contributed by atoms with E-state index in [1.54, 1.807) is 24.3 Å². The topological polar surface area (TPSA) is 102 Å². The van der Waals surface area contributed by atoms with Crippen LogP contribution in [0.5, 0.6) is 11.6 Å². The molecule has 1 amide bonds. The number of carbonyl (C=O) groups excluding carboxylic acids is 2. The maximum atomic E-state index is 12.1. The lowest BCUT2D eigenvalue weighted by atomic mass is 10.1. The Bertz CT molecular complexity index is 1080. The van der Waals surface area contributed by atoms with Crippen molar-refractivity contribution in [3.05, 3.63) is 53.6 Å². The molecule has 0 saturated carbocycles. The molecule has 3 rings (SSSR count). The normalized spacial score (nSPS) is 11.1. The minimum absolute atomic E-state index is 0.101. The zero-order chi connectivity index (χ0) is 21.0. The van der Waals surface area contributed by atoms with Gasteiger partial charge in [-0.2, -0.15) is 0 Å². The van der Waals surface area contributed by atoms with Crippen molar-refractivity contribution < 1.29 is 24.2 Å². The Kier molecular flexibility index (Phi) is 5.92. The van der Waals surface area contributed by atoms with E-state index in [0.29, 0.717) is 16.7 Å². The van der Waals surface area contributed by atoms with Crippen LogP contribution in [0.1, 0.15) is 11.1 Å². The molecule has 0 saturated heterocycles. The number of benzene rings is 2. The van der Waals surface area contributed by atoms with Crippen LogP contribution in [-0.2, 0) is 20.9 Å². The average molecular weight is 395 g/mol. The summed E-state index contributed by atoms with van der Waals surface area (Å²) >= 11 is 0. The van der Waals surface area contributed by atoms with E-state index in [0.717, 1.165) is 11.1 Å². The number of ether oxygens (including phenoxy) is 2. The number of fused-ring (bicyclic) bond motifs is 1. The Morgan fingerprint density at radius 3 is 2.48 bits per heavy atom. The number of amides is 1. The Hall–Kier alpha value is -3.68. The maximum Gasteiger partial charge on any atom is 0.325 e. The molecule has 0 unspecified atom stereocenters. The number of aryl methyl sites for hydroxylation is 2. The van der Waals surface area contributed by atoms with E-state index in [1.807, 2.05) is 32.0 Å². The van der Waals surface area contributed by atoms with E-state index in [-0.39, 0.29) is 24.7 Å². The summed E-state index contributed by atoms with van der Waals surface area (Å²) in [4.78, 5) is 23.7. The predicted molar refractivity (Wildman–Crippen MR) is 107 cm³/mol. The van der Waals surface area contributed by atoms with Crippen LogP contribution in [0.15, 0.2) is 52.7 Å². The van der Waals surface area contributed by atoms with Crippen LogP contribution in [0.2, 0.25) is 0 Å². The first-order valence-electron chi connectivity index (χ1n) is 8.91. The van der Waals surface area contributed by atoms with Gasteiger partial charge >= 0.3 is 11.9 Å². The molecule has 8 heteroatoms. The van der Waals surface area contributed by atoms with Gasteiger partial charge in [-0.25, -0.2) is 0 Å². The standard InChI is InChI=1S/C21H21N3O5/c1-13-8-14(2)10-15(9-13)29-12-18(25)22-23-20-16-6-4-5-7-17(16)24(21(20)27)11-19(26)28-3/h4-10,27H,11-12H2,1-3H3. The molecular weight excluding hydrogens is 374 g/mol. The zero-order valence-corrected chi connectivity index (χ0v) is 16.4. The monoisotopic (exact) mass is 395 g/mol. The highest BCUT2D eigenvalue weighted by molar-refractivity contribution is 5.96. The van der Waals surface area contributed by atoms with Gasteiger partial charge < -0.3 is 14.6 Å². The summed E-state index contributed by atoms with van der Waals surface area (Å²) in [6.45, 7) is 3.40. The first-order chi connectivity index (χ1) is 13.9. The number of para-hydroxylation sites is 1. The van der Waals surface area contributed by atoms with Crippen LogP contribution < -0.4 is 4.74 Å². The average Bonchev–Trinajstić information content (AvgIpc) is 2.95. The van der Waals surface area contributed by atoms with Crippen molar-refractivity contribution >= 4 is 28.5 Å². The summed E-state index contributed by atoms with van der Waals surface area (Å²) in [6, 6.07) is 12.6. The van der Waals surface area contributed by atoms with Crippen molar-refractivity contribution in [1.82, 2.24) is 4.57 Å². The molecule has 3 aromatic rings. The molecule has 2 aromatic carbocycles. The molecule has 0 aliphatic heterocycles. The summed E-state index contributed by atoms with van der Waals surface area (Å²) in [7, 11) is 1.26. The second-order valence-corrected chi connectivity index (χ2v) is 6.56. The van der Waals surface area contributed by atoms with Gasteiger partial charge in [0, 0.05) is 5.39 Å². The number of carbonyl (C=O) groups is 2. The van der Waals surface area contributed by atoms with Gasteiger partial charge in [0.05, 0.1) is 12.6 Å². The fourth-order valence-electron chi connectivity index (χ4n) is 3.02. The molecule has 29 heavy (non-hydrogen) atoms. The molecular formula is C21H21N3O5. The van der Waals surface area contributed by atoms with E-state index in [9.17, 15) is 14.7 Å². The number of esters is 1. The zero-order valence-electron chi connectivity index (χ0n) is 16.4. The molecule has 1 aromatic heterocycles. The first kappa shape index (κ1) is 20.1. The molecule has 1 N–H and O–H groups in total. The minimum Gasteiger partial charge on any atom is -0.493 e. The SMILES string of the molecule is COC(=O)Cn1c(O)c(N=NC(=O)COc2cc(C)cc(C)c2)c2ccccc21. The Labute approximate surface area is 167 Å². The second-order valence-electron chi connectivity index (χ2n) is 6.56. The van der Waals surface area contributed by atoms with Crippen molar-refractivity contribution in [1.29, 1.82) is 0 Å². The van der Waals surface area contributed by atoms with Crippen LogP contribution in [0.3, 0.4) is 0 Å².